The molecule has 1 aromatic carbocycles. The van der Waals surface area contributed by atoms with Crippen LogP contribution in [0.15, 0.2) is 48.9 Å². The molecule has 5 heteroatoms. The Morgan fingerprint density at radius 3 is 2.90 bits per heavy atom. The first-order valence-corrected chi connectivity index (χ1v) is 6.63. The van der Waals surface area contributed by atoms with E-state index in [9.17, 15) is 4.79 Å². The summed E-state index contributed by atoms with van der Waals surface area (Å²) in [5, 5.41) is 3.80. The molecule has 0 spiro atoms. The fourth-order valence-corrected chi connectivity index (χ4v) is 2.10. The molecule has 0 aliphatic rings. The monoisotopic (exact) mass is 278 g/mol. The number of nitrogens with zero attached hydrogens (tertiary/aromatic N) is 3. The smallest absolute Gasteiger partial charge is 0.231 e. The molecule has 0 fully saturated rings. The zero-order valence-electron chi connectivity index (χ0n) is 11.6. The molecule has 3 aromatic rings. The second kappa shape index (κ2) is 5.66. The van der Waals surface area contributed by atoms with Crippen molar-refractivity contribution in [3.63, 3.8) is 0 Å². The summed E-state index contributed by atoms with van der Waals surface area (Å²) in [5.41, 5.74) is 2.82. The standard InChI is InChI=1S/C16H14N4O/c1-11-2-5-14-12(8-11)3-4-13(19-14)9-16(21)20-15-6-7-17-10-18-15/h2-8,10H,9H2,1H3,(H,17,18,20,21). The molecular weight excluding hydrogens is 264 g/mol. The van der Waals surface area contributed by atoms with Crippen molar-refractivity contribution in [3.8, 4) is 0 Å². The number of rotatable bonds is 3. The lowest BCUT2D eigenvalue weighted by Crippen LogP contribution is -2.16. The van der Waals surface area contributed by atoms with Gasteiger partial charge in [-0.2, -0.15) is 0 Å². The molecule has 0 saturated carbocycles. The summed E-state index contributed by atoms with van der Waals surface area (Å²) in [4.78, 5) is 24.2. The normalized spacial score (nSPS) is 10.5. The van der Waals surface area contributed by atoms with Crippen LogP contribution in [0.2, 0.25) is 0 Å². The van der Waals surface area contributed by atoms with Gasteiger partial charge in [-0.05, 0) is 31.2 Å². The first-order chi connectivity index (χ1) is 10.2. The van der Waals surface area contributed by atoms with E-state index in [1.54, 1.807) is 12.3 Å². The van der Waals surface area contributed by atoms with E-state index in [2.05, 4.69) is 26.3 Å². The van der Waals surface area contributed by atoms with Gasteiger partial charge in [0.05, 0.1) is 17.6 Å². The fraction of sp³-hybridized carbons (Fsp3) is 0.125. The summed E-state index contributed by atoms with van der Waals surface area (Å²) in [6, 6.07) is 11.6. The number of aryl methyl sites for hydroxylation is 1. The summed E-state index contributed by atoms with van der Waals surface area (Å²) in [7, 11) is 0. The SMILES string of the molecule is Cc1ccc2nc(CC(=O)Nc3ccncn3)ccc2c1. The van der Waals surface area contributed by atoms with Crippen molar-refractivity contribution in [1.82, 2.24) is 15.0 Å². The van der Waals surface area contributed by atoms with Crippen LogP contribution < -0.4 is 5.32 Å². The first-order valence-electron chi connectivity index (χ1n) is 6.63. The highest BCUT2D eigenvalue weighted by Crippen LogP contribution is 2.15. The number of aromatic nitrogens is 3. The molecule has 3 rings (SSSR count). The van der Waals surface area contributed by atoms with Gasteiger partial charge in [-0.15, -0.1) is 0 Å². The van der Waals surface area contributed by atoms with Crippen molar-refractivity contribution >= 4 is 22.6 Å². The number of fused-ring (bicyclic) bond motifs is 1. The minimum absolute atomic E-state index is 0.146. The molecule has 2 heterocycles. The summed E-state index contributed by atoms with van der Waals surface area (Å²) < 4.78 is 0. The quantitative estimate of drug-likeness (QED) is 0.799. The van der Waals surface area contributed by atoms with Crippen molar-refractivity contribution in [1.29, 1.82) is 0 Å². The average molecular weight is 278 g/mol. The lowest BCUT2D eigenvalue weighted by Gasteiger charge is -2.05. The molecule has 21 heavy (non-hydrogen) atoms. The Balaban J connectivity index is 1.75. The topological polar surface area (TPSA) is 67.8 Å². The van der Waals surface area contributed by atoms with Crippen molar-refractivity contribution < 1.29 is 4.79 Å². The van der Waals surface area contributed by atoms with Crippen molar-refractivity contribution in [2.45, 2.75) is 13.3 Å². The number of benzene rings is 1. The molecule has 1 N–H and O–H groups in total. The van der Waals surface area contributed by atoms with Gasteiger partial charge >= 0.3 is 0 Å². The molecule has 0 aliphatic carbocycles. The van der Waals surface area contributed by atoms with Crippen LogP contribution in [0.3, 0.4) is 0 Å². The molecule has 104 valence electrons. The highest BCUT2D eigenvalue weighted by molar-refractivity contribution is 5.91. The van der Waals surface area contributed by atoms with Gasteiger partial charge in [0.1, 0.15) is 12.1 Å². The van der Waals surface area contributed by atoms with Crippen LogP contribution in [0.5, 0.6) is 0 Å². The summed E-state index contributed by atoms with van der Waals surface area (Å²) in [6.45, 7) is 2.04. The van der Waals surface area contributed by atoms with Crippen molar-refractivity contribution in [2.24, 2.45) is 0 Å². The Morgan fingerprint density at radius 1 is 1.19 bits per heavy atom. The van der Waals surface area contributed by atoms with E-state index in [0.717, 1.165) is 16.6 Å². The maximum absolute atomic E-state index is 12.0. The van der Waals surface area contributed by atoms with Gasteiger partial charge < -0.3 is 5.32 Å². The Hall–Kier alpha value is -2.82. The minimum Gasteiger partial charge on any atom is -0.310 e. The second-order valence-electron chi connectivity index (χ2n) is 4.82. The zero-order chi connectivity index (χ0) is 14.7. The Labute approximate surface area is 122 Å². The largest absolute Gasteiger partial charge is 0.310 e. The van der Waals surface area contributed by atoms with Crippen molar-refractivity contribution in [3.05, 3.63) is 60.2 Å². The molecule has 0 bridgehead atoms. The predicted octanol–water partition coefficient (Wildman–Crippen LogP) is 2.51. The van der Waals surface area contributed by atoms with Gasteiger partial charge in [0.25, 0.3) is 0 Å². The molecule has 2 aromatic heterocycles. The first kappa shape index (κ1) is 13.2. The number of hydrogen-bond donors (Lipinski definition) is 1. The molecule has 0 radical (unpaired) electrons. The number of carbonyl (C=O) groups is 1. The number of carbonyl (C=O) groups excluding carboxylic acids is 1. The summed E-state index contributed by atoms with van der Waals surface area (Å²) >= 11 is 0. The van der Waals surface area contributed by atoms with Gasteiger partial charge in [0, 0.05) is 11.6 Å². The second-order valence-corrected chi connectivity index (χ2v) is 4.82. The number of nitrogens with one attached hydrogen (secondary N) is 1. The number of pyridine rings is 1. The highest BCUT2D eigenvalue weighted by Gasteiger charge is 2.06. The van der Waals surface area contributed by atoms with E-state index in [4.69, 9.17) is 0 Å². The third-order valence-corrected chi connectivity index (χ3v) is 3.09. The Bertz CT molecular complexity index is 787. The number of hydrogen-bond acceptors (Lipinski definition) is 4. The van der Waals surface area contributed by atoms with Crippen LogP contribution in [0.4, 0.5) is 5.82 Å². The fourth-order valence-electron chi connectivity index (χ4n) is 2.10. The molecule has 1 amide bonds. The maximum atomic E-state index is 12.0. The van der Waals surface area contributed by atoms with E-state index in [-0.39, 0.29) is 12.3 Å². The molecule has 0 atom stereocenters. The maximum Gasteiger partial charge on any atom is 0.231 e. The van der Waals surface area contributed by atoms with E-state index in [0.29, 0.717) is 5.82 Å². The van der Waals surface area contributed by atoms with Gasteiger partial charge in [-0.1, -0.05) is 17.7 Å². The van der Waals surface area contributed by atoms with E-state index < -0.39 is 0 Å². The summed E-state index contributed by atoms with van der Waals surface area (Å²) in [5.74, 6) is 0.346. The highest BCUT2D eigenvalue weighted by atomic mass is 16.1. The molecule has 0 saturated heterocycles. The number of anilines is 1. The molecular formula is C16H14N4O. The van der Waals surface area contributed by atoms with Crippen LogP contribution in [-0.2, 0) is 11.2 Å². The van der Waals surface area contributed by atoms with Crippen LogP contribution in [0.1, 0.15) is 11.3 Å². The molecule has 0 unspecified atom stereocenters. The van der Waals surface area contributed by atoms with Gasteiger partial charge in [0.15, 0.2) is 0 Å². The average Bonchev–Trinajstić information content (AvgIpc) is 2.48. The lowest BCUT2D eigenvalue weighted by molar-refractivity contribution is -0.115. The molecule has 0 aliphatic heterocycles. The third kappa shape index (κ3) is 3.20. The van der Waals surface area contributed by atoms with Gasteiger partial charge in [-0.3, -0.25) is 9.78 Å². The molecule has 5 nitrogen and oxygen atoms in total. The zero-order valence-corrected chi connectivity index (χ0v) is 11.6. The number of amides is 1. The van der Waals surface area contributed by atoms with Crippen LogP contribution in [-0.4, -0.2) is 20.9 Å². The Morgan fingerprint density at radius 2 is 2.10 bits per heavy atom. The van der Waals surface area contributed by atoms with Crippen LogP contribution in [0, 0.1) is 6.92 Å². The Kier molecular flexibility index (Phi) is 3.55. The van der Waals surface area contributed by atoms with Crippen molar-refractivity contribution in [2.75, 3.05) is 5.32 Å². The lowest BCUT2D eigenvalue weighted by atomic mass is 10.1. The van der Waals surface area contributed by atoms with E-state index in [1.807, 2.05) is 31.2 Å². The van der Waals surface area contributed by atoms with Gasteiger partial charge in [0.2, 0.25) is 5.91 Å². The van der Waals surface area contributed by atoms with E-state index >= 15 is 0 Å². The van der Waals surface area contributed by atoms with Crippen LogP contribution in [0.25, 0.3) is 10.9 Å². The van der Waals surface area contributed by atoms with E-state index in [1.165, 1.54) is 11.9 Å². The van der Waals surface area contributed by atoms with Gasteiger partial charge in [-0.25, -0.2) is 9.97 Å². The third-order valence-electron chi connectivity index (χ3n) is 3.09. The predicted molar refractivity (Wildman–Crippen MR) is 80.8 cm³/mol. The minimum atomic E-state index is -0.146. The van der Waals surface area contributed by atoms with Crippen LogP contribution >= 0.6 is 0 Å². The summed E-state index contributed by atoms with van der Waals surface area (Å²) in [6.07, 6.45) is 3.19.